The number of methoxy groups -OCH3 is 1. The first-order chi connectivity index (χ1) is 15.5. The number of carbonyl (C=O) groups is 1. The Morgan fingerprint density at radius 3 is 2.50 bits per heavy atom. The van der Waals surface area contributed by atoms with Gasteiger partial charge in [0.15, 0.2) is 11.5 Å². The third-order valence-corrected chi connectivity index (χ3v) is 4.95. The number of rotatable bonds is 9. The highest BCUT2D eigenvalue weighted by Gasteiger charge is 2.16. The van der Waals surface area contributed by atoms with Crippen molar-refractivity contribution in [2.75, 3.05) is 25.5 Å². The zero-order valence-electron chi connectivity index (χ0n) is 18.3. The predicted molar refractivity (Wildman–Crippen MR) is 123 cm³/mol. The molecule has 0 fully saturated rings. The van der Waals surface area contributed by atoms with E-state index in [4.69, 9.17) is 15.2 Å². The Hall–Kier alpha value is -3.58. The highest BCUT2D eigenvalue weighted by molar-refractivity contribution is 5.90. The number of hydrogen-bond donors (Lipinski definition) is 2. The van der Waals surface area contributed by atoms with Gasteiger partial charge in [0.2, 0.25) is 0 Å². The van der Waals surface area contributed by atoms with E-state index in [9.17, 15) is 9.18 Å². The van der Waals surface area contributed by atoms with Crippen molar-refractivity contribution in [3.05, 3.63) is 89.2 Å². The van der Waals surface area contributed by atoms with Gasteiger partial charge in [-0.15, -0.1) is 0 Å². The van der Waals surface area contributed by atoms with E-state index in [1.807, 2.05) is 48.5 Å². The van der Waals surface area contributed by atoms with Gasteiger partial charge in [-0.2, -0.15) is 0 Å². The fourth-order valence-corrected chi connectivity index (χ4v) is 3.26. The minimum Gasteiger partial charge on any atom is -0.493 e. The molecule has 32 heavy (non-hydrogen) atoms. The molecule has 6 nitrogen and oxygen atoms in total. The van der Waals surface area contributed by atoms with Crippen LogP contribution in [0.3, 0.4) is 0 Å². The smallest absolute Gasteiger partial charge is 0.322 e. The molecule has 0 aromatic heterocycles. The molecule has 0 saturated heterocycles. The number of halogens is 1. The maximum absolute atomic E-state index is 13.3. The van der Waals surface area contributed by atoms with E-state index >= 15 is 0 Å². The molecule has 3 N–H and O–H groups in total. The van der Waals surface area contributed by atoms with E-state index < -0.39 is 0 Å². The molecule has 2 amide bonds. The van der Waals surface area contributed by atoms with Gasteiger partial charge < -0.3 is 25.4 Å². The average molecular weight is 438 g/mol. The van der Waals surface area contributed by atoms with Gasteiger partial charge in [0.05, 0.1) is 7.11 Å². The maximum Gasteiger partial charge on any atom is 0.322 e. The summed E-state index contributed by atoms with van der Waals surface area (Å²) in [5.41, 5.74) is 8.85. The van der Waals surface area contributed by atoms with E-state index in [-0.39, 0.29) is 11.8 Å². The fourth-order valence-electron chi connectivity index (χ4n) is 3.26. The van der Waals surface area contributed by atoms with Crippen LogP contribution in [0.25, 0.3) is 0 Å². The molecule has 3 aromatic carbocycles. The number of aryl methyl sites for hydroxylation is 1. The first-order valence-electron chi connectivity index (χ1n) is 10.4. The molecular formula is C25H28FN3O3. The SMILES string of the molecule is COc1cc(CN(CCN)C(=O)Nc2ccc(F)cc2C)ccc1OCc1ccccc1. The van der Waals surface area contributed by atoms with Crippen molar-refractivity contribution in [3.8, 4) is 11.5 Å². The molecule has 0 radical (unpaired) electrons. The van der Waals surface area contributed by atoms with Gasteiger partial charge in [0, 0.05) is 25.3 Å². The Morgan fingerprint density at radius 1 is 1.03 bits per heavy atom. The monoisotopic (exact) mass is 437 g/mol. The molecule has 0 spiro atoms. The van der Waals surface area contributed by atoms with Crippen molar-refractivity contribution in [3.63, 3.8) is 0 Å². The Bertz CT molecular complexity index is 1040. The summed E-state index contributed by atoms with van der Waals surface area (Å²) in [6.07, 6.45) is 0. The summed E-state index contributed by atoms with van der Waals surface area (Å²) in [5, 5.41) is 2.83. The average Bonchev–Trinajstić information content (AvgIpc) is 2.80. The highest BCUT2D eigenvalue weighted by Crippen LogP contribution is 2.29. The van der Waals surface area contributed by atoms with Crippen LogP contribution in [-0.4, -0.2) is 31.1 Å². The zero-order chi connectivity index (χ0) is 22.9. The standard InChI is InChI=1S/C25H28FN3O3/c1-18-14-21(26)9-10-22(18)28-25(30)29(13-12-27)16-20-8-11-23(24(15-20)31-2)32-17-19-6-4-3-5-7-19/h3-11,14-15H,12-13,16-17,27H2,1-2H3,(H,28,30). The van der Waals surface area contributed by atoms with Gasteiger partial charge in [-0.1, -0.05) is 36.4 Å². The van der Waals surface area contributed by atoms with Crippen LogP contribution in [0.2, 0.25) is 0 Å². The number of hydrogen-bond acceptors (Lipinski definition) is 4. The number of anilines is 1. The number of amides is 2. The van der Waals surface area contributed by atoms with Crippen LogP contribution in [0.1, 0.15) is 16.7 Å². The highest BCUT2D eigenvalue weighted by atomic mass is 19.1. The van der Waals surface area contributed by atoms with Gasteiger partial charge in [0.1, 0.15) is 12.4 Å². The number of nitrogens with two attached hydrogens (primary N) is 1. The number of nitrogens with one attached hydrogen (secondary N) is 1. The molecule has 3 aromatic rings. The minimum atomic E-state index is -0.346. The number of carbonyl (C=O) groups excluding carboxylic acids is 1. The Morgan fingerprint density at radius 2 is 1.81 bits per heavy atom. The number of benzene rings is 3. The van der Waals surface area contributed by atoms with E-state index in [0.29, 0.717) is 49.0 Å². The van der Waals surface area contributed by atoms with Gasteiger partial charge in [0.25, 0.3) is 0 Å². The fraction of sp³-hybridized carbons (Fsp3) is 0.240. The van der Waals surface area contributed by atoms with Crippen LogP contribution in [0.5, 0.6) is 11.5 Å². The van der Waals surface area contributed by atoms with Crippen molar-refractivity contribution >= 4 is 11.7 Å². The first-order valence-corrected chi connectivity index (χ1v) is 10.4. The van der Waals surface area contributed by atoms with Gasteiger partial charge in [-0.05, 0) is 53.9 Å². The number of urea groups is 1. The Kier molecular flexibility index (Phi) is 8.05. The Balaban J connectivity index is 1.70. The summed E-state index contributed by atoms with van der Waals surface area (Å²) in [6, 6.07) is 19.4. The van der Waals surface area contributed by atoms with Crippen molar-refractivity contribution < 1.29 is 18.7 Å². The number of nitrogens with zero attached hydrogens (tertiary/aromatic N) is 1. The number of ether oxygens (including phenoxy) is 2. The van der Waals surface area contributed by atoms with E-state index in [1.165, 1.54) is 12.1 Å². The summed E-state index contributed by atoms with van der Waals surface area (Å²) in [7, 11) is 1.58. The molecule has 0 saturated carbocycles. The summed E-state index contributed by atoms with van der Waals surface area (Å²) < 4.78 is 24.7. The second kappa shape index (κ2) is 11.2. The quantitative estimate of drug-likeness (QED) is 0.508. The van der Waals surface area contributed by atoms with Crippen LogP contribution in [0.4, 0.5) is 14.9 Å². The topological polar surface area (TPSA) is 76.8 Å². The largest absolute Gasteiger partial charge is 0.493 e. The Labute approximate surface area is 187 Å². The second-order valence-corrected chi connectivity index (χ2v) is 7.36. The molecule has 0 bridgehead atoms. The summed E-state index contributed by atoms with van der Waals surface area (Å²) >= 11 is 0. The van der Waals surface area contributed by atoms with E-state index in [1.54, 1.807) is 25.0 Å². The van der Waals surface area contributed by atoms with Crippen molar-refractivity contribution in [1.29, 1.82) is 0 Å². The van der Waals surface area contributed by atoms with E-state index in [2.05, 4.69) is 5.32 Å². The van der Waals surface area contributed by atoms with Crippen LogP contribution in [0, 0.1) is 12.7 Å². The summed E-state index contributed by atoms with van der Waals surface area (Å²) in [5.74, 6) is 0.860. The normalized spacial score (nSPS) is 10.5. The molecule has 0 aliphatic heterocycles. The van der Waals surface area contributed by atoms with Crippen molar-refractivity contribution in [1.82, 2.24) is 4.90 Å². The lowest BCUT2D eigenvalue weighted by molar-refractivity contribution is 0.210. The molecule has 3 rings (SSSR count). The predicted octanol–water partition coefficient (Wildman–Crippen LogP) is 4.71. The van der Waals surface area contributed by atoms with E-state index in [0.717, 1.165) is 11.1 Å². The minimum absolute atomic E-state index is 0.311. The molecule has 0 aliphatic rings. The molecule has 168 valence electrons. The molecule has 0 unspecified atom stereocenters. The second-order valence-electron chi connectivity index (χ2n) is 7.36. The van der Waals surface area contributed by atoms with Crippen LogP contribution in [-0.2, 0) is 13.2 Å². The summed E-state index contributed by atoms with van der Waals surface area (Å²) in [6.45, 7) is 3.17. The molecule has 0 atom stereocenters. The molecular weight excluding hydrogens is 409 g/mol. The first kappa shape index (κ1) is 23.1. The molecule has 7 heteroatoms. The van der Waals surface area contributed by atoms with Gasteiger partial charge >= 0.3 is 6.03 Å². The molecule has 0 aliphatic carbocycles. The van der Waals surface area contributed by atoms with Crippen molar-refractivity contribution in [2.24, 2.45) is 5.73 Å². The summed E-state index contributed by atoms with van der Waals surface area (Å²) in [4.78, 5) is 14.4. The van der Waals surface area contributed by atoms with Crippen molar-refractivity contribution in [2.45, 2.75) is 20.1 Å². The lowest BCUT2D eigenvalue weighted by Gasteiger charge is -2.23. The molecule has 0 heterocycles. The third-order valence-electron chi connectivity index (χ3n) is 4.95. The zero-order valence-corrected chi connectivity index (χ0v) is 18.3. The van der Waals surface area contributed by atoms with Crippen LogP contribution >= 0.6 is 0 Å². The third kappa shape index (κ3) is 6.21. The lowest BCUT2D eigenvalue weighted by atomic mass is 10.1. The van der Waals surface area contributed by atoms with Gasteiger partial charge in [-0.3, -0.25) is 0 Å². The van der Waals surface area contributed by atoms with Gasteiger partial charge in [-0.25, -0.2) is 9.18 Å². The van der Waals surface area contributed by atoms with Crippen LogP contribution < -0.4 is 20.5 Å². The lowest BCUT2D eigenvalue weighted by Crippen LogP contribution is -2.38. The maximum atomic E-state index is 13.3. The van der Waals surface area contributed by atoms with Crippen LogP contribution in [0.15, 0.2) is 66.7 Å².